The molecule has 4 nitrogen and oxygen atoms in total. The van der Waals surface area contributed by atoms with Crippen LogP contribution in [0.1, 0.15) is 12.0 Å². The maximum absolute atomic E-state index is 9.50. The summed E-state index contributed by atoms with van der Waals surface area (Å²) < 4.78 is 5.14. The Labute approximate surface area is 94.7 Å². The first-order valence-corrected chi connectivity index (χ1v) is 5.25. The quantitative estimate of drug-likeness (QED) is 0.808. The first-order chi connectivity index (χ1) is 7.74. The Hall–Kier alpha value is -1.73. The normalized spacial score (nSPS) is 19.6. The van der Waals surface area contributed by atoms with Crippen molar-refractivity contribution in [2.75, 3.05) is 25.1 Å². The van der Waals surface area contributed by atoms with E-state index in [4.69, 9.17) is 10.00 Å². The molecule has 16 heavy (non-hydrogen) atoms. The molecule has 0 bridgehead atoms. The zero-order valence-corrected chi connectivity index (χ0v) is 9.18. The van der Waals surface area contributed by atoms with Crippen molar-refractivity contribution in [1.29, 1.82) is 5.26 Å². The zero-order chi connectivity index (χ0) is 11.5. The second-order valence-corrected chi connectivity index (χ2v) is 3.88. The summed E-state index contributed by atoms with van der Waals surface area (Å²) in [6, 6.07) is 7.52. The van der Waals surface area contributed by atoms with Crippen LogP contribution in [-0.2, 0) is 0 Å². The van der Waals surface area contributed by atoms with Crippen molar-refractivity contribution in [3.63, 3.8) is 0 Å². The van der Waals surface area contributed by atoms with Crippen LogP contribution >= 0.6 is 0 Å². The van der Waals surface area contributed by atoms with Crippen LogP contribution < -0.4 is 9.64 Å². The Kier molecular flexibility index (Phi) is 2.97. The van der Waals surface area contributed by atoms with E-state index in [1.807, 2.05) is 11.0 Å². The summed E-state index contributed by atoms with van der Waals surface area (Å²) in [6.45, 7) is 1.37. The summed E-state index contributed by atoms with van der Waals surface area (Å²) in [5.41, 5.74) is 1.47. The van der Waals surface area contributed by atoms with Gasteiger partial charge < -0.3 is 14.7 Å². The lowest BCUT2D eigenvalue weighted by Gasteiger charge is -2.19. The molecule has 0 saturated carbocycles. The summed E-state index contributed by atoms with van der Waals surface area (Å²) in [5.74, 6) is 0.732. The van der Waals surface area contributed by atoms with Crippen molar-refractivity contribution in [3.8, 4) is 11.8 Å². The first-order valence-electron chi connectivity index (χ1n) is 5.25. The third-order valence-corrected chi connectivity index (χ3v) is 2.83. The highest BCUT2D eigenvalue weighted by molar-refractivity contribution is 5.62. The molecule has 1 heterocycles. The predicted molar refractivity (Wildman–Crippen MR) is 60.5 cm³/mol. The van der Waals surface area contributed by atoms with Crippen molar-refractivity contribution in [2.45, 2.75) is 12.5 Å². The minimum Gasteiger partial charge on any atom is -0.497 e. The second kappa shape index (κ2) is 4.42. The van der Waals surface area contributed by atoms with Crippen molar-refractivity contribution in [1.82, 2.24) is 0 Å². The summed E-state index contributed by atoms with van der Waals surface area (Å²) in [4.78, 5) is 2.02. The first kappa shape index (κ1) is 10.8. The van der Waals surface area contributed by atoms with Crippen LogP contribution in [0.15, 0.2) is 18.2 Å². The molecule has 0 aromatic heterocycles. The molecule has 1 atom stereocenters. The van der Waals surface area contributed by atoms with Gasteiger partial charge >= 0.3 is 0 Å². The number of nitrogens with zero attached hydrogens (tertiary/aromatic N) is 2. The van der Waals surface area contributed by atoms with E-state index < -0.39 is 0 Å². The van der Waals surface area contributed by atoms with Crippen LogP contribution in [0, 0.1) is 11.3 Å². The van der Waals surface area contributed by atoms with E-state index >= 15 is 0 Å². The van der Waals surface area contributed by atoms with Crippen LogP contribution in [0.4, 0.5) is 5.69 Å². The van der Waals surface area contributed by atoms with Gasteiger partial charge in [-0.05, 0) is 18.6 Å². The van der Waals surface area contributed by atoms with Gasteiger partial charge in [-0.1, -0.05) is 0 Å². The molecule has 1 fully saturated rings. The number of hydrogen-bond acceptors (Lipinski definition) is 4. The Bertz CT molecular complexity index is 426. The summed E-state index contributed by atoms with van der Waals surface area (Å²) in [7, 11) is 1.60. The number of benzene rings is 1. The highest BCUT2D eigenvalue weighted by atomic mass is 16.5. The van der Waals surface area contributed by atoms with Gasteiger partial charge in [0, 0.05) is 19.2 Å². The number of hydrogen-bond donors (Lipinski definition) is 1. The maximum Gasteiger partial charge on any atom is 0.121 e. The Morgan fingerprint density at radius 3 is 2.94 bits per heavy atom. The van der Waals surface area contributed by atoms with Gasteiger partial charge in [-0.3, -0.25) is 0 Å². The highest BCUT2D eigenvalue weighted by Gasteiger charge is 2.22. The molecule has 0 amide bonds. The number of anilines is 1. The molecule has 1 aliphatic heterocycles. The molecule has 1 aromatic rings. The predicted octanol–water partition coefficient (Wildman–Crippen LogP) is 1.14. The Morgan fingerprint density at radius 1 is 1.56 bits per heavy atom. The van der Waals surface area contributed by atoms with E-state index in [9.17, 15) is 5.11 Å². The molecule has 0 unspecified atom stereocenters. The van der Waals surface area contributed by atoms with Crippen molar-refractivity contribution in [2.24, 2.45) is 0 Å². The number of nitriles is 1. The lowest BCUT2D eigenvalue weighted by Crippen LogP contribution is -2.22. The SMILES string of the molecule is COc1ccc(C#N)c(N2CC[C@H](O)C2)c1. The molecular formula is C12H14N2O2. The van der Waals surface area contributed by atoms with E-state index in [-0.39, 0.29) is 6.10 Å². The molecule has 0 spiro atoms. The average molecular weight is 218 g/mol. The van der Waals surface area contributed by atoms with E-state index in [1.165, 1.54) is 0 Å². The molecule has 0 radical (unpaired) electrons. The van der Waals surface area contributed by atoms with Crippen LogP contribution in [-0.4, -0.2) is 31.4 Å². The lowest BCUT2D eigenvalue weighted by atomic mass is 10.1. The standard InChI is InChI=1S/C12H14N2O2/c1-16-11-3-2-9(7-13)12(6-11)14-5-4-10(15)8-14/h2-3,6,10,15H,4-5,8H2,1H3/t10-/m0/s1. The van der Waals surface area contributed by atoms with Gasteiger partial charge in [-0.2, -0.15) is 5.26 Å². The third kappa shape index (κ3) is 1.95. The molecule has 84 valence electrons. The van der Waals surface area contributed by atoms with Gasteiger partial charge in [0.1, 0.15) is 11.8 Å². The average Bonchev–Trinajstić information content (AvgIpc) is 2.75. The molecule has 2 rings (SSSR count). The van der Waals surface area contributed by atoms with Gasteiger partial charge in [-0.25, -0.2) is 0 Å². The largest absolute Gasteiger partial charge is 0.497 e. The van der Waals surface area contributed by atoms with E-state index in [2.05, 4.69) is 6.07 Å². The minimum absolute atomic E-state index is 0.294. The number of aliphatic hydroxyl groups is 1. The molecular weight excluding hydrogens is 204 g/mol. The number of β-amino-alcohol motifs (C(OH)–C–C–N with tert-alkyl or cyclic N) is 1. The monoisotopic (exact) mass is 218 g/mol. The molecule has 0 aliphatic carbocycles. The highest BCUT2D eigenvalue weighted by Crippen LogP contribution is 2.28. The van der Waals surface area contributed by atoms with Crippen LogP contribution in [0.2, 0.25) is 0 Å². The summed E-state index contributed by atoms with van der Waals surface area (Å²) in [6.07, 6.45) is 0.458. The fraction of sp³-hybridized carbons (Fsp3) is 0.417. The third-order valence-electron chi connectivity index (χ3n) is 2.83. The molecule has 1 N–H and O–H groups in total. The van der Waals surface area contributed by atoms with Crippen LogP contribution in [0.25, 0.3) is 0 Å². The minimum atomic E-state index is -0.294. The summed E-state index contributed by atoms with van der Waals surface area (Å²) in [5, 5.41) is 18.5. The topological polar surface area (TPSA) is 56.5 Å². The van der Waals surface area contributed by atoms with E-state index in [0.717, 1.165) is 24.4 Å². The number of ether oxygens (including phenoxy) is 1. The molecule has 1 aliphatic rings. The van der Waals surface area contributed by atoms with Gasteiger partial charge in [0.15, 0.2) is 0 Å². The van der Waals surface area contributed by atoms with Gasteiger partial charge in [0.2, 0.25) is 0 Å². The number of methoxy groups -OCH3 is 1. The zero-order valence-electron chi connectivity index (χ0n) is 9.18. The van der Waals surface area contributed by atoms with E-state index in [0.29, 0.717) is 12.1 Å². The Balaban J connectivity index is 2.34. The van der Waals surface area contributed by atoms with Crippen molar-refractivity contribution in [3.05, 3.63) is 23.8 Å². The Morgan fingerprint density at radius 2 is 2.38 bits per heavy atom. The van der Waals surface area contributed by atoms with Crippen LogP contribution in [0.3, 0.4) is 0 Å². The van der Waals surface area contributed by atoms with Crippen molar-refractivity contribution >= 4 is 5.69 Å². The number of rotatable bonds is 2. The molecule has 1 saturated heterocycles. The summed E-state index contributed by atoms with van der Waals surface area (Å²) >= 11 is 0. The van der Waals surface area contributed by atoms with E-state index in [1.54, 1.807) is 19.2 Å². The fourth-order valence-corrected chi connectivity index (χ4v) is 1.96. The van der Waals surface area contributed by atoms with Gasteiger partial charge in [0.05, 0.1) is 24.5 Å². The second-order valence-electron chi connectivity index (χ2n) is 3.88. The smallest absolute Gasteiger partial charge is 0.121 e. The van der Waals surface area contributed by atoms with Crippen LogP contribution in [0.5, 0.6) is 5.75 Å². The fourth-order valence-electron chi connectivity index (χ4n) is 1.96. The van der Waals surface area contributed by atoms with Crippen molar-refractivity contribution < 1.29 is 9.84 Å². The number of aliphatic hydroxyl groups excluding tert-OH is 1. The molecule has 4 heteroatoms. The van der Waals surface area contributed by atoms with Gasteiger partial charge in [-0.15, -0.1) is 0 Å². The molecule has 1 aromatic carbocycles. The lowest BCUT2D eigenvalue weighted by molar-refractivity contribution is 0.198. The maximum atomic E-state index is 9.50. The van der Waals surface area contributed by atoms with Gasteiger partial charge in [0.25, 0.3) is 0 Å².